The Labute approximate surface area is 117 Å². The Balaban J connectivity index is 2.71. The minimum absolute atomic E-state index is 0.896. The van der Waals surface area contributed by atoms with Crippen LogP contribution < -0.4 is 10.2 Å². The minimum atomic E-state index is 0.896. The van der Waals surface area contributed by atoms with Crippen molar-refractivity contribution in [1.29, 1.82) is 0 Å². The number of nitrogens with zero attached hydrogens (tertiary/aromatic N) is 4. The smallest absolute Gasteiger partial charge is 0.134 e. The Morgan fingerprint density at radius 1 is 1.16 bits per heavy atom. The van der Waals surface area contributed by atoms with Gasteiger partial charge in [0.1, 0.15) is 17.5 Å². The summed E-state index contributed by atoms with van der Waals surface area (Å²) in [7, 11) is 8.19. The van der Waals surface area contributed by atoms with Gasteiger partial charge in [-0.1, -0.05) is 6.92 Å². The summed E-state index contributed by atoms with van der Waals surface area (Å²) in [6, 6.07) is 2.01. The topological polar surface area (TPSA) is 44.3 Å². The van der Waals surface area contributed by atoms with Crippen LogP contribution >= 0.6 is 0 Å². The first-order valence-electron chi connectivity index (χ1n) is 6.98. The Hall–Kier alpha value is -1.36. The molecule has 0 bridgehead atoms. The average Bonchev–Trinajstić information content (AvgIpc) is 2.38. The summed E-state index contributed by atoms with van der Waals surface area (Å²) in [4.78, 5) is 13.5. The van der Waals surface area contributed by atoms with Crippen LogP contribution in [-0.4, -0.2) is 56.1 Å². The highest BCUT2D eigenvalue weighted by molar-refractivity contribution is 5.48. The third-order valence-electron chi connectivity index (χ3n) is 2.98. The molecule has 1 aromatic rings. The van der Waals surface area contributed by atoms with E-state index < -0.39 is 0 Å². The zero-order valence-electron chi connectivity index (χ0n) is 12.9. The molecule has 1 rings (SSSR count). The molecule has 108 valence electrons. The summed E-state index contributed by atoms with van der Waals surface area (Å²) in [6.07, 6.45) is 3.12. The SMILES string of the molecule is CCCc1nc(NC)cc(N(C)CCCN(C)C)n1. The van der Waals surface area contributed by atoms with Crippen LogP contribution in [0, 0.1) is 0 Å². The lowest BCUT2D eigenvalue weighted by Gasteiger charge is -2.20. The third-order valence-corrected chi connectivity index (χ3v) is 2.98. The molecule has 0 saturated carbocycles. The Kier molecular flexibility index (Phi) is 6.56. The van der Waals surface area contributed by atoms with Crippen LogP contribution in [0.5, 0.6) is 0 Å². The van der Waals surface area contributed by atoms with E-state index in [1.165, 1.54) is 0 Å². The van der Waals surface area contributed by atoms with Gasteiger partial charge < -0.3 is 15.1 Å². The van der Waals surface area contributed by atoms with E-state index in [1.807, 2.05) is 13.1 Å². The molecule has 0 fully saturated rings. The summed E-state index contributed by atoms with van der Waals surface area (Å²) in [6.45, 7) is 4.25. The van der Waals surface area contributed by atoms with Gasteiger partial charge in [-0.05, 0) is 33.5 Å². The molecule has 1 N–H and O–H groups in total. The van der Waals surface area contributed by atoms with Crippen molar-refractivity contribution in [2.24, 2.45) is 0 Å². The largest absolute Gasteiger partial charge is 0.373 e. The van der Waals surface area contributed by atoms with E-state index >= 15 is 0 Å². The monoisotopic (exact) mass is 265 g/mol. The fourth-order valence-corrected chi connectivity index (χ4v) is 1.88. The van der Waals surface area contributed by atoms with E-state index in [2.05, 4.69) is 53.2 Å². The van der Waals surface area contributed by atoms with E-state index in [0.29, 0.717) is 0 Å². The van der Waals surface area contributed by atoms with Crippen LogP contribution in [0.4, 0.5) is 11.6 Å². The summed E-state index contributed by atoms with van der Waals surface area (Å²) < 4.78 is 0. The number of hydrogen-bond donors (Lipinski definition) is 1. The second kappa shape index (κ2) is 7.94. The normalized spacial score (nSPS) is 10.8. The lowest BCUT2D eigenvalue weighted by Crippen LogP contribution is -2.24. The quantitative estimate of drug-likeness (QED) is 0.777. The standard InChI is InChI=1S/C14H27N5/c1-6-8-12-16-13(15-2)11-14(17-12)19(5)10-7-9-18(3)4/h11H,6-10H2,1-5H3,(H,15,16,17). The minimum Gasteiger partial charge on any atom is -0.373 e. The summed E-state index contributed by atoms with van der Waals surface area (Å²) >= 11 is 0. The van der Waals surface area contributed by atoms with Gasteiger partial charge in [0.15, 0.2) is 0 Å². The van der Waals surface area contributed by atoms with Crippen LogP contribution in [0.3, 0.4) is 0 Å². The number of hydrogen-bond acceptors (Lipinski definition) is 5. The maximum absolute atomic E-state index is 4.63. The first-order chi connectivity index (χ1) is 9.06. The second-order valence-electron chi connectivity index (χ2n) is 5.11. The molecule has 0 unspecified atom stereocenters. The molecule has 5 heteroatoms. The average molecular weight is 265 g/mol. The number of rotatable bonds is 8. The van der Waals surface area contributed by atoms with Gasteiger partial charge in [0, 0.05) is 33.1 Å². The van der Waals surface area contributed by atoms with Crippen molar-refractivity contribution in [2.75, 3.05) is 51.5 Å². The van der Waals surface area contributed by atoms with E-state index in [0.717, 1.165) is 49.8 Å². The van der Waals surface area contributed by atoms with E-state index in [1.54, 1.807) is 0 Å². The molecular formula is C14H27N5. The van der Waals surface area contributed by atoms with E-state index in [-0.39, 0.29) is 0 Å². The molecule has 0 aromatic carbocycles. The lowest BCUT2D eigenvalue weighted by molar-refractivity contribution is 0.401. The fraction of sp³-hybridized carbons (Fsp3) is 0.714. The molecule has 0 aliphatic carbocycles. The zero-order valence-corrected chi connectivity index (χ0v) is 12.9. The van der Waals surface area contributed by atoms with Crippen molar-refractivity contribution in [2.45, 2.75) is 26.2 Å². The number of aryl methyl sites for hydroxylation is 1. The third kappa shape index (κ3) is 5.42. The summed E-state index contributed by atoms with van der Waals surface area (Å²) in [5, 5.41) is 3.11. The molecule has 0 amide bonds. The maximum atomic E-state index is 4.63. The predicted octanol–water partition coefficient (Wildman–Crippen LogP) is 1.86. The van der Waals surface area contributed by atoms with Crippen molar-refractivity contribution in [1.82, 2.24) is 14.9 Å². The number of nitrogens with one attached hydrogen (secondary N) is 1. The molecule has 1 heterocycles. The van der Waals surface area contributed by atoms with Crippen molar-refractivity contribution < 1.29 is 0 Å². The molecular weight excluding hydrogens is 238 g/mol. The van der Waals surface area contributed by atoms with Gasteiger partial charge >= 0.3 is 0 Å². The summed E-state index contributed by atoms with van der Waals surface area (Å²) in [5.41, 5.74) is 0. The van der Waals surface area contributed by atoms with Crippen LogP contribution in [-0.2, 0) is 6.42 Å². The maximum Gasteiger partial charge on any atom is 0.134 e. The first-order valence-corrected chi connectivity index (χ1v) is 6.98. The Bertz CT molecular complexity index is 378. The molecule has 0 aliphatic rings. The van der Waals surface area contributed by atoms with Crippen LogP contribution in [0.25, 0.3) is 0 Å². The van der Waals surface area contributed by atoms with Crippen molar-refractivity contribution in [3.05, 3.63) is 11.9 Å². The molecule has 0 radical (unpaired) electrons. The van der Waals surface area contributed by atoms with Gasteiger partial charge in [0.05, 0.1) is 0 Å². The van der Waals surface area contributed by atoms with Crippen molar-refractivity contribution in [3.8, 4) is 0 Å². The molecule has 19 heavy (non-hydrogen) atoms. The van der Waals surface area contributed by atoms with Gasteiger partial charge in [-0.15, -0.1) is 0 Å². The van der Waals surface area contributed by atoms with E-state index in [9.17, 15) is 0 Å². The number of anilines is 2. The highest BCUT2D eigenvalue weighted by Gasteiger charge is 2.07. The molecule has 0 spiro atoms. The Morgan fingerprint density at radius 2 is 1.89 bits per heavy atom. The van der Waals surface area contributed by atoms with Crippen LogP contribution in [0.1, 0.15) is 25.6 Å². The van der Waals surface area contributed by atoms with Gasteiger partial charge in [-0.25, -0.2) is 9.97 Å². The fourth-order valence-electron chi connectivity index (χ4n) is 1.88. The van der Waals surface area contributed by atoms with Gasteiger partial charge in [-0.2, -0.15) is 0 Å². The molecule has 0 aliphatic heterocycles. The van der Waals surface area contributed by atoms with Crippen molar-refractivity contribution >= 4 is 11.6 Å². The zero-order chi connectivity index (χ0) is 14.3. The predicted molar refractivity (Wildman–Crippen MR) is 82.0 cm³/mol. The Morgan fingerprint density at radius 3 is 2.47 bits per heavy atom. The lowest BCUT2D eigenvalue weighted by atomic mass is 10.3. The van der Waals surface area contributed by atoms with Gasteiger partial charge in [0.25, 0.3) is 0 Å². The highest BCUT2D eigenvalue weighted by Crippen LogP contribution is 2.15. The van der Waals surface area contributed by atoms with Gasteiger partial charge in [-0.3, -0.25) is 0 Å². The molecule has 1 aromatic heterocycles. The molecule has 5 nitrogen and oxygen atoms in total. The van der Waals surface area contributed by atoms with Gasteiger partial charge in [0.2, 0.25) is 0 Å². The summed E-state index contributed by atoms with van der Waals surface area (Å²) in [5.74, 6) is 2.82. The highest BCUT2D eigenvalue weighted by atomic mass is 15.2. The van der Waals surface area contributed by atoms with Crippen molar-refractivity contribution in [3.63, 3.8) is 0 Å². The van der Waals surface area contributed by atoms with E-state index in [4.69, 9.17) is 0 Å². The van der Waals surface area contributed by atoms with Crippen LogP contribution in [0.15, 0.2) is 6.07 Å². The van der Waals surface area contributed by atoms with Crippen LogP contribution in [0.2, 0.25) is 0 Å². The first kappa shape index (κ1) is 15.7. The second-order valence-corrected chi connectivity index (χ2v) is 5.11. The molecule has 0 atom stereocenters. The number of aromatic nitrogens is 2. The molecule has 0 saturated heterocycles.